The fourth-order valence-electron chi connectivity index (χ4n) is 2.85. The number of ether oxygens (including phenoxy) is 1. The van der Waals surface area contributed by atoms with Gasteiger partial charge < -0.3 is 9.64 Å². The monoisotopic (exact) mass is 353 g/mol. The summed E-state index contributed by atoms with van der Waals surface area (Å²) in [4.78, 5) is 14.4. The van der Waals surface area contributed by atoms with E-state index in [1.54, 1.807) is 0 Å². The molecule has 3 nitrogen and oxygen atoms in total. The molecule has 0 atom stereocenters. The second-order valence-electron chi connectivity index (χ2n) is 7.00. The van der Waals surface area contributed by atoms with Gasteiger partial charge in [-0.15, -0.1) is 0 Å². The van der Waals surface area contributed by atoms with Gasteiger partial charge >= 0.3 is 0 Å². The number of unbranched alkanes of at least 4 members (excludes halogenated alkanes) is 3. The van der Waals surface area contributed by atoms with Crippen molar-refractivity contribution in [2.24, 2.45) is 0 Å². The summed E-state index contributed by atoms with van der Waals surface area (Å²) in [5.41, 5.74) is 1.96. The van der Waals surface area contributed by atoms with Gasteiger partial charge in [-0.1, -0.05) is 55.3 Å². The summed E-state index contributed by atoms with van der Waals surface area (Å²) >= 11 is 0. The Bertz CT molecular complexity index is 635. The number of hydrogen-bond acceptors (Lipinski definition) is 3. The Morgan fingerprint density at radius 3 is 2.27 bits per heavy atom. The highest BCUT2D eigenvalue weighted by Crippen LogP contribution is 2.15. The summed E-state index contributed by atoms with van der Waals surface area (Å²) in [6, 6.07) is 17.6. The zero-order chi connectivity index (χ0) is 18.6. The zero-order valence-corrected chi connectivity index (χ0v) is 16.1. The molecule has 0 unspecified atom stereocenters. The first-order valence-corrected chi connectivity index (χ1v) is 9.60. The Kier molecular flexibility index (Phi) is 8.91. The standard InChI is InChI=1S/C23H31NO2/c1-24(2)18-8-3-4-9-19-26-22-15-12-20(13-16-22)14-17-23(25)21-10-6-5-7-11-21/h5-7,10-13,15-16H,3-4,8-9,14,17-19H2,1-2H3. The highest BCUT2D eigenvalue weighted by atomic mass is 16.5. The lowest BCUT2D eigenvalue weighted by molar-refractivity contribution is 0.0983. The maximum absolute atomic E-state index is 12.1. The summed E-state index contributed by atoms with van der Waals surface area (Å²) in [5, 5.41) is 0. The van der Waals surface area contributed by atoms with Crippen LogP contribution in [0.15, 0.2) is 54.6 Å². The van der Waals surface area contributed by atoms with Gasteiger partial charge in [0.25, 0.3) is 0 Å². The number of carbonyl (C=O) groups is 1. The van der Waals surface area contributed by atoms with E-state index in [-0.39, 0.29) is 5.78 Å². The van der Waals surface area contributed by atoms with Crippen molar-refractivity contribution in [1.82, 2.24) is 4.90 Å². The molecule has 0 spiro atoms. The van der Waals surface area contributed by atoms with Crippen LogP contribution in [0.4, 0.5) is 0 Å². The molecule has 0 aromatic heterocycles. The van der Waals surface area contributed by atoms with Gasteiger partial charge in [0.2, 0.25) is 0 Å². The van der Waals surface area contributed by atoms with Crippen LogP contribution < -0.4 is 4.74 Å². The third-order valence-corrected chi connectivity index (χ3v) is 4.43. The van der Waals surface area contributed by atoms with E-state index in [0.717, 1.165) is 37.3 Å². The van der Waals surface area contributed by atoms with Gasteiger partial charge in [-0.25, -0.2) is 0 Å². The molecular formula is C23H31NO2. The van der Waals surface area contributed by atoms with E-state index < -0.39 is 0 Å². The lowest BCUT2D eigenvalue weighted by atomic mass is 10.0. The number of Topliss-reactive ketones (excluding diaryl/α,β-unsaturated/α-hetero) is 1. The zero-order valence-electron chi connectivity index (χ0n) is 16.1. The Hall–Kier alpha value is -2.13. The molecule has 2 aromatic rings. The lowest BCUT2D eigenvalue weighted by Crippen LogP contribution is -2.12. The van der Waals surface area contributed by atoms with E-state index in [1.165, 1.54) is 24.8 Å². The van der Waals surface area contributed by atoms with Crippen molar-refractivity contribution in [2.75, 3.05) is 27.2 Å². The summed E-state index contributed by atoms with van der Waals surface area (Å²) < 4.78 is 5.81. The van der Waals surface area contributed by atoms with E-state index >= 15 is 0 Å². The third-order valence-electron chi connectivity index (χ3n) is 4.43. The van der Waals surface area contributed by atoms with Crippen molar-refractivity contribution in [3.63, 3.8) is 0 Å². The lowest BCUT2D eigenvalue weighted by Gasteiger charge is -2.09. The van der Waals surface area contributed by atoms with Gasteiger partial charge in [0, 0.05) is 12.0 Å². The molecule has 0 bridgehead atoms. The average Bonchev–Trinajstić information content (AvgIpc) is 2.66. The number of benzene rings is 2. The van der Waals surface area contributed by atoms with Crippen LogP contribution in [-0.4, -0.2) is 37.9 Å². The molecule has 0 aliphatic heterocycles. The average molecular weight is 354 g/mol. The molecule has 2 rings (SSSR count). The van der Waals surface area contributed by atoms with Crippen molar-refractivity contribution in [3.05, 3.63) is 65.7 Å². The van der Waals surface area contributed by atoms with Crippen LogP contribution in [0.3, 0.4) is 0 Å². The van der Waals surface area contributed by atoms with Crippen LogP contribution in [0.1, 0.15) is 48.0 Å². The van der Waals surface area contributed by atoms with Crippen molar-refractivity contribution in [2.45, 2.75) is 38.5 Å². The topological polar surface area (TPSA) is 29.5 Å². The highest BCUT2D eigenvalue weighted by Gasteiger charge is 2.05. The molecule has 0 saturated carbocycles. The Morgan fingerprint density at radius 2 is 1.58 bits per heavy atom. The number of carbonyl (C=O) groups excluding carboxylic acids is 1. The number of rotatable bonds is 12. The van der Waals surface area contributed by atoms with E-state index in [0.29, 0.717) is 6.42 Å². The van der Waals surface area contributed by atoms with Gasteiger partial charge in [0.05, 0.1) is 6.61 Å². The minimum atomic E-state index is 0.195. The van der Waals surface area contributed by atoms with E-state index in [1.807, 2.05) is 42.5 Å². The molecule has 0 aliphatic rings. The molecule has 2 aromatic carbocycles. The largest absolute Gasteiger partial charge is 0.494 e. The summed E-state index contributed by atoms with van der Waals surface area (Å²) in [6.07, 6.45) is 6.13. The number of nitrogens with zero attached hydrogens (tertiary/aromatic N) is 1. The summed E-state index contributed by atoms with van der Waals surface area (Å²) in [5.74, 6) is 1.11. The fraction of sp³-hybridized carbons (Fsp3) is 0.435. The van der Waals surface area contributed by atoms with Crippen LogP contribution in [0, 0.1) is 0 Å². The van der Waals surface area contributed by atoms with Gasteiger partial charge in [-0.3, -0.25) is 4.79 Å². The normalized spacial score (nSPS) is 10.9. The Balaban J connectivity index is 1.63. The first-order valence-electron chi connectivity index (χ1n) is 9.60. The quantitative estimate of drug-likeness (QED) is 0.397. The molecule has 26 heavy (non-hydrogen) atoms. The van der Waals surface area contributed by atoms with Crippen LogP contribution in [-0.2, 0) is 6.42 Å². The van der Waals surface area contributed by atoms with Crippen LogP contribution in [0.2, 0.25) is 0 Å². The molecule has 0 aliphatic carbocycles. The number of ketones is 1. The van der Waals surface area contributed by atoms with E-state index in [9.17, 15) is 4.79 Å². The van der Waals surface area contributed by atoms with E-state index in [2.05, 4.69) is 31.1 Å². The second-order valence-corrected chi connectivity index (χ2v) is 7.00. The summed E-state index contributed by atoms with van der Waals surface area (Å²) in [7, 11) is 4.23. The number of hydrogen-bond donors (Lipinski definition) is 0. The summed E-state index contributed by atoms with van der Waals surface area (Å²) in [6.45, 7) is 1.93. The van der Waals surface area contributed by atoms with Crippen molar-refractivity contribution < 1.29 is 9.53 Å². The van der Waals surface area contributed by atoms with Crippen LogP contribution in [0.5, 0.6) is 5.75 Å². The predicted octanol–water partition coefficient (Wildman–Crippen LogP) is 5.00. The van der Waals surface area contributed by atoms with Crippen molar-refractivity contribution in [1.29, 1.82) is 0 Å². The smallest absolute Gasteiger partial charge is 0.163 e. The molecular weight excluding hydrogens is 322 g/mol. The van der Waals surface area contributed by atoms with Crippen LogP contribution in [0.25, 0.3) is 0 Å². The molecule has 0 fully saturated rings. The highest BCUT2D eigenvalue weighted by molar-refractivity contribution is 5.96. The van der Waals surface area contributed by atoms with Gasteiger partial charge in [0.1, 0.15) is 5.75 Å². The van der Waals surface area contributed by atoms with Crippen molar-refractivity contribution >= 4 is 5.78 Å². The van der Waals surface area contributed by atoms with Gasteiger partial charge in [0.15, 0.2) is 5.78 Å². The molecule has 0 N–H and O–H groups in total. The first kappa shape index (κ1) is 20.2. The second kappa shape index (κ2) is 11.5. The predicted molar refractivity (Wildman–Crippen MR) is 108 cm³/mol. The fourth-order valence-corrected chi connectivity index (χ4v) is 2.85. The minimum absolute atomic E-state index is 0.195. The number of aryl methyl sites for hydroxylation is 1. The SMILES string of the molecule is CN(C)CCCCCCOc1ccc(CCC(=O)c2ccccc2)cc1. The van der Waals surface area contributed by atoms with Crippen molar-refractivity contribution in [3.8, 4) is 5.75 Å². The Labute approximate surface area is 158 Å². The Morgan fingerprint density at radius 1 is 0.885 bits per heavy atom. The molecule has 140 valence electrons. The molecule has 0 radical (unpaired) electrons. The van der Waals surface area contributed by atoms with Gasteiger partial charge in [-0.2, -0.15) is 0 Å². The van der Waals surface area contributed by atoms with Gasteiger partial charge in [-0.05, 0) is 57.6 Å². The molecule has 0 heterocycles. The maximum atomic E-state index is 12.1. The molecule has 0 amide bonds. The maximum Gasteiger partial charge on any atom is 0.163 e. The molecule has 3 heteroatoms. The third kappa shape index (κ3) is 7.83. The minimum Gasteiger partial charge on any atom is -0.494 e. The molecule has 0 saturated heterocycles. The van der Waals surface area contributed by atoms with Crippen LogP contribution >= 0.6 is 0 Å². The van der Waals surface area contributed by atoms with E-state index in [4.69, 9.17) is 4.74 Å². The first-order chi connectivity index (χ1) is 12.6.